The summed E-state index contributed by atoms with van der Waals surface area (Å²) in [6, 6.07) is 10.0. The molecule has 0 fully saturated rings. The lowest BCUT2D eigenvalue weighted by Gasteiger charge is -1.99. The highest BCUT2D eigenvalue weighted by atomic mass is 16.1. The topological polar surface area (TPSA) is 43.1 Å². The van der Waals surface area contributed by atoms with Crippen molar-refractivity contribution in [1.82, 2.24) is 0 Å². The van der Waals surface area contributed by atoms with Gasteiger partial charge in [0.2, 0.25) is 0 Å². The molecule has 0 amide bonds. The third-order valence-corrected chi connectivity index (χ3v) is 1.96. The highest BCUT2D eigenvalue weighted by molar-refractivity contribution is 5.78. The average molecular weight is 177 g/mol. The summed E-state index contributed by atoms with van der Waals surface area (Å²) in [5.41, 5.74) is 6.49. The molecule has 0 aliphatic carbocycles. The van der Waals surface area contributed by atoms with E-state index in [0.717, 1.165) is 6.42 Å². The summed E-state index contributed by atoms with van der Waals surface area (Å²) in [5.74, 6) is 0.256. The first-order chi connectivity index (χ1) is 6.33. The highest BCUT2D eigenvalue weighted by Gasteiger charge is 2.00. The van der Waals surface area contributed by atoms with E-state index in [9.17, 15) is 4.79 Å². The molecule has 0 heterocycles. The minimum Gasteiger partial charge on any atom is -0.330 e. The molecule has 0 atom stereocenters. The molecule has 1 aromatic rings. The molecule has 0 bridgehead atoms. The Hall–Kier alpha value is -1.15. The Morgan fingerprint density at radius 2 is 1.85 bits per heavy atom. The van der Waals surface area contributed by atoms with Crippen molar-refractivity contribution in [2.24, 2.45) is 5.73 Å². The zero-order valence-corrected chi connectivity index (χ0v) is 7.70. The molecular weight excluding hydrogens is 162 g/mol. The number of rotatable bonds is 5. The Bertz CT molecular complexity index is 256. The largest absolute Gasteiger partial charge is 0.330 e. The molecule has 0 unspecified atom stereocenters. The van der Waals surface area contributed by atoms with E-state index in [2.05, 4.69) is 0 Å². The Balaban J connectivity index is 2.31. The lowest BCUT2D eigenvalue weighted by atomic mass is 10.1. The normalized spacial score (nSPS) is 9.92. The monoisotopic (exact) mass is 177 g/mol. The third kappa shape index (κ3) is 3.85. The first-order valence-electron chi connectivity index (χ1n) is 4.58. The fraction of sp³-hybridized carbons (Fsp3) is 0.364. The van der Waals surface area contributed by atoms with Crippen LogP contribution in [0.4, 0.5) is 0 Å². The first-order valence-corrected chi connectivity index (χ1v) is 4.58. The SMILES string of the molecule is NCCC(=O)CCc1ccccc1. The van der Waals surface area contributed by atoms with E-state index in [0.29, 0.717) is 19.4 Å². The molecule has 0 aliphatic rings. The molecule has 2 nitrogen and oxygen atoms in total. The van der Waals surface area contributed by atoms with Crippen molar-refractivity contribution in [3.8, 4) is 0 Å². The number of carbonyl (C=O) groups excluding carboxylic acids is 1. The Labute approximate surface area is 78.8 Å². The fourth-order valence-corrected chi connectivity index (χ4v) is 1.21. The van der Waals surface area contributed by atoms with E-state index in [1.807, 2.05) is 30.3 Å². The van der Waals surface area contributed by atoms with Crippen LogP contribution >= 0.6 is 0 Å². The summed E-state index contributed by atoms with van der Waals surface area (Å²) in [6.07, 6.45) is 1.95. The van der Waals surface area contributed by atoms with Crippen molar-refractivity contribution >= 4 is 5.78 Å². The van der Waals surface area contributed by atoms with Gasteiger partial charge in [-0.15, -0.1) is 0 Å². The Morgan fingerprint density at radius 3 is 2.46 bits per heavy atom. The first kappa shape index (κ1) is 9.93. The summed E-state index contributed by atoms with van der Waals surface area (Å²) < 4.78 is 0. The second kappa shape index (κ2) is 5.49. The number of hydrogen-bond acceptors (Lipinski definition) is 2. The van der Waals surface area contributed by atoms with Crippen LogP contribution in [-0.4, -0.2) is 12.3 Å². The molecule has 0 saturated heterocycles. The van der Waals surface area contributed by atoms with Crippen LogP contribution in [0.3, 0.4) is 0 Å². The summed E-state index contributed by atoms with van der Waals surface area (Å²) in [6.45, 7) is 0.466. The van der Waals surface area contributed by atoms with Gasteiger partial charge in [0.1, 0.15) is 5.78 Å². The maximum atomic E-state index is 11.1. The number of aryl methyl sites for hydroxylation is 1. The predicted octanol–water partition coefficient (Wildman–Crippen LogP) is 1.54. The van der Waals surface area contributed by atoms with Crippen LogP contribution in [0.1, 0.15) is 18.4 Å². The van der Waals surface area contributed by atoms with E-state index in [1.165, 1.54) is 5.56 Å². The Kier molecular flexibility index (Phi) is 4.19. The second-order valence-corrected chi connectivity index (χ2v) is 3.06. The van der Waals surface area contributed by atoms with Gasteiger partial charge in [0.25, 0.3) is 0 Å². The zero-order valence-electron chi connectivity index (χ0n) is 7.70. The van der Waals surface area contributed by atoms with Crippen LogP contribution < -0.4 is 5.73 Å². The van der Waals surface area contributed by atoms with Crippen LogP contribution in [0.2, 0.25) is 0 Å². The van der Waals surface area contributed by atoms with Crippen LogP contribution in [0.25, 0.3) is 0 Å². The number of hydrogen-bond donors (Lipinski definition) is 1. The minimum atomic E-state index is 0.256. The number of carbonyl (C=O) groups is 1. The van der Waals surface area contributed by atoms with E-state index >= 15 is 0 Å². The summed E-state index contributed by atoms with van der Waals surface area (Å²) in [4.78, 5) is 11.1. The second-order valence-electron chi connectivity index (χ2n) is 3.06. The zero-order chi connectivity index (χ0) is 9.52. The van der Waals surface area contributed by atoms with E-state index < -0.39 is 0 Å². The van der Waals surface area contributed by atoms with E-state index in [-0.39, 0.29) is 5.78 Å². The molecular formula is C11H15NO. The number of nitrogens with two attached hydrogens (primary N) is 1. The molecule has 0 aromatic heterocycles. The smallest absolute Gasteiger partial charge is 0.134 e. The van der Waals surface area contributed by atoms with Gasteiger partial charge in [0.15, 0.2) is 0 Å². The van der Waals surface area contributed by atoms with Gasteiger partial charge in [0.05, 0.1) is 0 Å². The molecule has 0 spiro atoms. The number of ketones is 1. The van der Waals surface area contributed by atoms with E-state index in [1.54, 1.807) is 0 Å². The van der Waals surface area contributed by atoms with Gasteiger partial charge < -0.3 is 5.73 Å². The number of Topliss-reactive ketones (excluding diaryl/α,β-unsaturated/α-hetero) is 1. The summed E-state index contributed by atoms with van der Waals surface area (Å²) in [7, 11) is 0. The van der Waals surface area contributed by atoms with Gasteiger partial charge in [-0.3, -0.25) is 4.79 Å². The van der Waals surface area contributed by atoms with Gasteiger partial charge >= 0.3 is 0 Å². The van der Waals surface area contributed by atoms with Gasteiger partial charge in [0, 0.05) is 12.8 Å². The molecule has 70 valence electrons. The average Bonchev–Trinajstić information content (AvgIpc) is 2.17. The molecule has 0 aliphatic heterocycles. The van der Waals surface area contributed by atoms with Crippen LogP contribution in [0, 0.1) is 0 Å². The molecule has 0 radical (unpaired) electrons. The quantitative estimate of drug-likeness (QED) is 0.741. The number of benzene rings is 1. The fourth-order valence-electron chi connectivity index (χ4n) is 1.21. The summed E-state index contributed by atoms with van der Waals surface area (Å²) >= 11 is 0. The molecule has 1 aromatic carbocycles. The van der Waals surface area contributed by atoms with Crippen molar-refractivity contribution < 1.29 is 4.79 Å². The highest BCUT2D eigenvalue weighted by Crippen LogP contribution is 2.03. The van der Waals surface area contributed by atoms with Crippen LogP contribution in [0.15, 0.2) is 30.3 Å². The van der Waals surface area contributed by atoms with Crippen molar-refractivity contribution in [2.75, 3.05) is 6.54 Å². The molecule has 2 heteroatoms. The lowest BCUT2D eigenvalue weighted by Crippen LogP contribution is -2.08. The minimum absolute atomic E-state index is 0.256. The molecule has 0 saturated carbocycles. The van der Waals surface area contributed by atoms with Crippen LogP contribution in [0.5, 0.6) is 0 Å². The van der Waals surface area contributed by atoms with Crippen molar-refractivity contribution in [2.45, 2.75) is 19.3 Å². The van der Waals surface area contributed by atoms with Crippen molar-refractivity contribution in [1.29, 1.82) is 0 Å². The van der Waals surface area contributed by atoms with Gasteiger partial charge in [-0.05, 0) is 18.5 Å². The van der Waals surface area contributed by atoms with Gasteiger partial charge in [-0.1, -0.05) is 30.3 Å². The van der Waals surface area contributed by atoms with Crippen molar-refractivity contribution in [3.63, 3.8) is 0 Å². The van der Waals surface area contributed by atoms with Crippen LogP contribution in [-0.2, 0) is 11.2 Å². The summed E-state index contributed by atoms with van der Waals surface area (Å²) in [5, 5.41) is 0. The maximum absolute atomic E-state index is 11.1. The predicted molar refractivity (Wildman–Crippen MR) is 53.4 cm³/mol. The van der Waals surface area contributed by atoms with Gasteiger partial charge in [-0.25, -0.2) is 0 Å². The standard InChI is InChI=1S/C11H15NO/c12-9-8-11(13)7-6-10-4-2-1-3-5-10/h1-5H,6-9,12H2. The lowest BCUT2D eigenvalue weighted by molar-refractivity contribution is -0.118. The Morgan fingerprint density at radius 1 is 1.15 bits per heavy atom. The van der Waals surface area contributed by atoms with E-state index in [4.69, 9.17) is 5.73 Å². The van der Waals surface area contributed by atoms with Crippen molar-refractivity contribution in [3.05, 3.63) is 35.9 Å². The maximum Gasteiger partial charge on any atom is 0.134 e. The van der Waals surface area contributed by atoms with Gasteiger partial charge in [-0.2, -0.15) is 0 Å². The molecule has 13 heavy (non-hydrogen) atoms. The molecule has 1 rings (SSSR count). The third-order valence-electron chi connectivity index (χ3n) is 1.96. The molecule has 2 N–H and O–H groups in total.